The highest BCUT2D eigenvalue weighted by Gasteiger charge is 2.21. The summed E-state index contributed by atoms with van der Waals surface area (Å²) in [4.78, 5) is 17.0. The standard InChI is InChI=1S/C22H33N3O3/c1-4-27-20-16-19-14-17(2)28-21(19)15-18(20)6-7-22(26)23-8-5-9-25-12-10-24(3)11-13-25/h6-7,15-17H,4-5,8-14H2,1-3H3,(H,23,26). The lowest BCUT2D eigenvalue weighted by molar-refractivity contribution is -0.116. The van der Waals surface area contributed by atoms with Gasteiger partial charge in [-0.2, -0.15) is 0 Å². The molecule has 0 bridgehead atoms. The van der Waals surface area contributed by atoms with Gasteiger partial charge >= 0.3 is 0 Å². The number of nitrogens with one attached hydrogen (secondary N) is 1. The molecule has 1 amide bonds. The predicted molar refractivity (Wildman–Crippen MR) is 112 cm³/mol. The van der Waals surface area contributed by atoms with Crippen molar-refractivity contribution in [1.82, 2.24) is 15.1 Å². The van der Waals surface area contributed by atoms with Crippen LogP contribution < -0.4 is 14.8 Å². The molecule has 1 aromatic carbocycles. The summed E-state index contributed by atoms with van der Waals surface area (Å²) in [6.45, 7) is 10.8. The minimum absolute atomic E-state index is 0.0735. The van der Waals surface area contributed by atoms with Gasteiger partial charge in [-0.05, 0) is 52.1 Å². The van der Waals surface area contributed by atoms with Crippen molar-refractivity contribution in [3.8, 4) is 11.5 Å². The molecule has 3 rings (SSSR count). The van der Waals surface area contributed by atoms with E-state index in [-0.39, 0.29) is 12.0 Å². The molecule has 2 heterocycles. The fourth-order valence-electron chi connectivity index (χ4n) is 3.68. The number of benzene rings is 1. The van der Waals surface area contributed by atoms with Gasteiger partial charge in [0.05, 0.1) is 6.61 Å². The van der Waals surface area contributed by atoms with E-state index in [2.05, 4.69) is 29.1 Å². The monoisotopic (exact) mass is 387 g/mol. The van der Waals surface area contributed by atoms with Gasteiger partial charge in [0, 0.05) is 56.3 Å². The first-order valence-corrected chi connectivity index (χ1v) is 10.4. The summed E-state index contributed by atoms with van der Waals surface area (Å²) in [6, 6.07) is 4.01. The van der Waals surface area contributed by atoms with Gasteiger partial charge < -0.3 is 24.6 Å². The van der Waals surface area contributed by atoms with E-state index in [4.69, 9.17) is 9.47 Å². The van der Waals surface area contributed by atoms with Crippen molar-refractivity contribution in [2.24, 2.45) is 0 Å². The molecule has 6 heteroatoms. The lowest BCUT2D eigenvalue weighted by atomic mass is 10.1. The number of likely N-dealkylation sites (N-methyl/N-ethyl adjacent to an activating group) is 1. The van der Waals surface area contributed by atoms with Crippen molar-refractivity contribution in [3.63, 3.8) is 0 Å². The minimum Gasteiger partial charge on any atom is -0.493 e. The molecule has 1 saturated heterocycles. The topological polar surface area (TPSA) is 54.0 Å². The first-order valence-electron chi connectivity index (χ1n) is 10.4. The molecule has 0 saturated carbocycles. The number of carbonyl (C=O) groups is 1. The molecule has 2 aliphatic rings. The Morgan fingerprint density at radius 1 is 1.32 bits per heavy atom. The molecule has 0 spiro atoms. The van der Waals surface area contributed by atoms with Gasteiger partial charge in [-0.3, -0.25) is 4.79 Å². The molecule has 0 aliphatic carbocycles. The van der Waals surface area contributed by atoms with Crippen LogP contribution in [0.2, 0.25) is 0 Å². The molecule has 1 fully saturated rings. The van der Waals surface area contributed by atoms with Crippen LogP contribution in [0.25, 0.3) is 6.08 Å². The highest BCUT2D eigenvalue weighted by molar-refractivity contribution is 5.92. The molecular formula is C22H33N3O3. The Labute approximate surface area is 168 Å². The lowest BCUT2D eigenvalue weighted by Gasteiger charge is -2.32. The van der Waals surface area contributed by atoms with Crippen LogP contribution >= 0.6 is 0 Å². The summed E-state index contributed by atoms with van der Waals surface area (Å²) in [5.74, 6) is 1.62. The fourth-order valence-corrected chi connectivity index (χ4v) is 3.68. The van der Waals surface area contributed by atoms with Crippen molar-refractivity contribution < 1.29 is 14.3 Å². The van der Waals surface area contributed by atoms with E-state index in [1.54, 1.807) is 6.08 Å². The van der Waals surface area contributed by atoms with Gasteiger partial charge in [0.25, 0.3) is 0 Å². The van der Waals surface area contributed by atoms with Gasteiger partial charge in [0.15, 0.2) is 0 Å². The van der Waals surface area contributed by atoms with E-state index in [0.29, 0.717) is 13.2 Å². The molecule has 28 heavy (non-hydrogen) atoms. The third kappa shape index (κ3) is 5.72. The SMILES string of the molecule is CCOc1cc2c(cc1C=CC(=O)NCCCN1CCN(C)CC1)OC(C)C2. The number of ether oxygens (including phenoxy) is 2. The van der Waals surface area contributed by atoms with Crippen LogP contribution in [-0.2, 0) is 11.2 Å². The maximum atomic E-state index is 12.2. The lowest BCUT2D eigenvalue weighted by Crippen LogP contribution is -2.45. The fraction of sp³-hybridized carbons (Fsp3) is 0.591. The summed E-state index contributed by atoms with van der Waals surface area (Å²) < 4.78 is 11.6. The Hall–Kier alpha value is -2.05. The summed E-state index contributed by atoms with van der Waals surface area (Å²) in [6.07, 6.45) is 5.45. The van der Waals surface area contributed by atoms with Crippen molar-refractivity contribution in [3.05, 3.63) is 29.3 Å². The van der Waals surface area contributed by atoms with E-state index >= 15 is 0 Å². The molecule has 1 N–H and O–H groups in total. The van der Waals surface area contributed by atoms with E-state index in [9.17, 15) is 4.79 Å². The molecular weight excluding hydrogens is 354 g/mol. The van der Waals surface area contributed by atoms with Crippen LogP contribution in [0.5, 0.6) is 11.5 Å². The average molecular weight is 388 g/mol. The van der Waals surface area contributed by atoms with Crippen molar-refractivity contribution in [2.45, 2.75) is 32.8 Å². The van der Waals surface area contributed by atoms with Crippen molar-refractivity contribution >= 4 is 12.0 Å². The molecule has 1 aromatic rings. The normalized spacial score (nSPS) is 20.2. The highest BCUT2D eigenvalue weighted by atomic mass is 16.5. The third-order valence-corrected chi connectivity index (χ3v) is 5.29. The molecule has 0 radical (unpaired) electrons. The molecule has 0 aromatic heterocycles. The summed E-state index contributed by atoms with van der Waals surface area (Å²) >= 11 is 0. The van der Waals surface area contributed by atoms with Gasteiger partial charge in [0.1, 0.15) is 17.6 Å². The zero-order valence-corrected chi connectivity index (χ0v) is 17.4. The van der Waals surface area contributed by atoms with E-state index in [1.807, 2.05) is 25.1 Å². The van der Waals surface area contributed by atoms with Crippen LogP contribution in [-0.4, -0.2) is 74.7 Å². The number of piperazine rings is 1. The first-order chi connectivity index (χ1) is 13.5. The summed E-state index contributed by atoms with van der Waals surface area (Å²) in [5.41, 5.74) is 2.05. The summed E-state index contributed by atoms with van der Waals surface area (Å²) in [7, 11) is 2.16. The second-order valence-corrected chi connectivity index (χ2v) is 7.69. The number of nitrogens with zero attached hydrogens (tertiary/aromatic N) is 2. The second kappa shape index (κ2) is 9.94. The molecule has 154 valence electrons. The first kappa shape index (κ1) is 20.7. The van der Waals surface area contributed by atoms with Crippen molar-refractivity contribution in [1.29, 1.82) is 0 Å². The number of carbonyl (C=O) groups excluding carboxylic acids is 1. The molecule has 6 nitrogen and oxygen atoms in total. The maximum absolute atomic E-state index is 12.2. The van der Waals surface area contributed by atoms with Gasteiger partial charge in [-0.1, -0.05) is 0 Å². The number of amides is 1. The predicted octanol–water partition coefficient (Wildman–Crippen LogP) is 2.18. The van der Waals surface area contributed by atoms with Crippen LogP contribution in [0.1, 0.15) is 31.4 Å². The second-order valence-electron chi connectivity index (χ2n) is 7.69. The average Bonchev–Trinajstić information content (AvgIpc) is 3.04. The summed E-state index contributed by atoms with van der Waals surface area (Å²) in [5, 5.41) is 2.98. The van der Waals surface area contributed by atoms with Crippen LogP contribution in [0.4, 0.5) is 0 Å². The highest BCUT2D eigenvalue weighted by Crippen LogP contribution is 2.35. The Kier molecular flexibility index (Phi) is 7.34. The quantitative estimate of drug-likeness (QED) is 0.547. The van der Waals surface area contributed by atoms with E-state index in [0.717, 1.165) is 62.6 Å². The van der Waals surface area contributed by atoms with Crippen LogP contribution in [0, 0.1) is 0 Å². The largest absolute Gasteiger partial charge is 0.493 e. The maximum Gasteiger partial charge on any atom is 0.244 e. The van der Waals surface area contributed by atoms with E-state index < -0.39 is 0 Å². The van der Waals surface area contributed by atoms with E-state index in [1.165, 1.54) is 5.56 Å². The Morgan fingerprint density at radius 2 is 2.11 bits per heavy atom. The molecule has 2 aliphatic heterocycles. The molecule has 1 unspecified atom stereocenters. The zero-order valence-electron chi connectivity index (χ0n) is 17.4. The Morgan fingerprint density at radius 3 is 2.86 bits per heavy atom. The zero-order chi connectivity index (χ0) is 19.9. The van der Waals surface area contributed by atoms with Gasteiger partial charge in [-0.15, -0.1) is 0 Å². The number of rotatable bonds is 8. The van der Waals surface area contributed by atoms with Gasteiger partial charge in [0.2, 0.25) is 5.91 Å². The number of fused-ring (bicyclic) bond motifs is 1. The van der Waals surface area contributed by atoms with Crippen molar-refractivity contribution in [2.75, 3.05) is 52.9 Å². The van der Waals surface area contributed by atoms with Crippen LogP contribution in [0.3, 0.4) is 0 Å². The molecule has 1 atom stereocenters. The third-order valence-electron chi connectivity index (χ3n) is 5.29. The van der Waals surface area contributed by atoms with Gasteiger partial charge in [-0.25, -0.2) is 0 Å². The minimum atomic E-state index is -0.0735. The van der Waals surface area contributed by atoms with Crippen LogP contribution in [0.15, 0.2) is 18.2 Å². The Bertz CT molecular complexity index is 697. The smallest absolute Gasteiger partial charge is 0.244 e. The number of hydrogen-bond donors (Lipinski definition) is 1. The Balaban J connectivity index is 1.48. The number of hydrogen-bond acceptors (Lipinski definition) is 5.